The van der Waals surface area contributed by atoms with Crippen LogP contribution in [0.5, 0.6) is 11.5 Å². The third-order valence-electron chi connectivity index (χ3n) is 7.38. The molecule has 4 rings (SSSR count). The van der Waals surface area contributed by atoms with E-state index in [0.717, 1.165) is 36.9 Å². The van der Waals surface area contributed by atoms with E-state index in [1.165, 1.54) is 30.9 Å². The number of esters is 1. The van der Waals surface area contributed by atoms with Gasteiger partial charge < -0.3 is 19.5 Å². The Morgan fingerprint density at radius 2 is 2.07 bits per heavy atom. The number of methoxy groups -OCH3 is 1. The number of nitrogens with zero attached hydrogens (tertiary/aromatic N) is 1. The van der Waals surface area contributed by atoms with Crippen LogP contribution in [0.4, 0.5) is 0 Å². The molecule has 0 amide bonds. The van der Waals surface area contributed by atoms with E-state index in [4.69, 9.17) is 9.47 Å². The second-order valence-corrected chi connectivity index (χ2v) is 10.2. The van der Waals surface area contributed by atoms with E-state index < -0.39 is 5.60 Å². The Balaban J connectivity index is 1.83. The Bertz CT molecular complexity index is 869. The van der Waals surface area contributed by atoms with Crippen molar-refractivity contribution in [3.05, 3.63) is 28.8 Å². The molecular formula is C25H35NO4. The molecule has 1 saturated carbocycles. The van der Waals surface area contributed by atoms with Gasteiger partial charge in [-0.05, 0) is 89.2 Å². The molecule has 1 saturated heterocycles. The van der Waals surface area contributed by atoms with Gasteiger partial charge in [-0.1, -0.05) is 12.8 Å². The van der Waals surface area contributed by atoms with E-state index >= 15 is 0 Å². The number of rotatable bonds is 3. The topological polar surface area (TPSA) is 59.0 Å². The van der Waals surface area contributed by atoms with Gasteiger partial charge in [0.05, 0.1) is 7.11 Å². The average Bonchev–Trinajstić information content (AvgIpc) is 2.68. The fraction of sp³-hybridized carbons (Fsp3) is 0.640. The van der Waals surface area contributed by atoms with Crippen molar-refractivity contribution >= 4 is 12.0 Å². The van der Waals surface area contributed by atoms with Gasteiger partial charge >= 0.3 is 5.97 Å². The first-order chi connectivity index (χ1) is 14.2. The maximum Gasteiger partial charge on any atom is 0.331 e. The first-order valence-corrected chi connectivity index (χ1v) is 11.2. The quantitative estimate of drug-likeness (QED) is 0.586. The molecule has 30 heavy (non-hydrogen) atoms. The molecule has 1 heterocycles. The molecule has 3 atom stereocenters. The van der Waals surface area contributed by atoms with Gasteiger partial charge in [-0.25, -0.2) is 4.79 Å². The standard InChI is InChI=1S/C25H35NO4/c1-24(2,3)30-21(27)10-9-16-14-20(29-5)23(28)22-17(16)15-19-18-8-6-7-11-25(18,22)12-13-26(19)4/h9-10,14,18-19,28H,6-8,11-13,15H2,1-5H3/b10-9+. The van der Waals surface area contributed by atoms with Crippen molar-refractivity contribution in [1.29, 1.82) is 0 Å². The van der Waals surface area contributed by atoms with Crippen LogP contribution in [-0.4, -0.2) is 48.3 Å². The van der Waals surface area contributed by atoms with Gasteiger partial charge in [-0.2, -0.15) is 0 Å². The van der Waals surface area contributed by atoms with Crippen molar-refractivity contribution in [2.45, 2.75) is 76.4 Å². The van der Waals surface area contributed by atoms with Crippen LogP contribution in [0.15, 0.2) is 12.1 Å². The third kappa shape index (κ3) is 3.51. The van der Waals surface area contributed by atoms with E-state index in [0.29, 0.717) is 23.5 Å². The molecule has 5 nitrogen and oxygen atoms in total. The molecule has 1 aliphatic heterocycles. The van der Waals surface area contributed by atoms with E-state index in [9.17, 15) is 9.90 Å². The summed E-state index contributed by atoms with van der Waals surface area (Å²) in [4.78, 5) is 14.8. The Hall–Kier alpha value is -2.01. The van der Waals surface area contributed by atoms with Gasteiger partial charge in [0.15, 0.2) is 11.5 Å². The van der Waals surface area contributed by atoms with Crippen LogP contribution in [0.3, 0.4) is 0 Å². The van der Waals surface area contributed by atoms with Crippen LogP contribution in [0.2, 0.25) is 0 Å². The number of carbonyl (C=O) groups is 1. The molecule has 2 fully saturated rings. The summed E-state index contributed by atoms with van der Waals surface area (Å²) in [5.41, 5.74) is 2.69. The van der Waals surface area contributed by atoms with Crippen LogP contribution >= 0.6 is 0 Å². The number of hydrogen-bond donors (Lipinski definition) is 1. The normalized spacial score (nSPS) is 28.7. The summed E-state index contributed by atoms with van der Waals surface area (Å²) in [6.45, 7) is 6.65. The number of ether oxygens (including phenoxy) is 2. The molecule has 1 aromatic rings. The summed E-state index contributed by atoms with van der Waals surface area (Å²) < 4.78 is 11.0. The number of hydrogen-bond acceptors (Lipinski definition) is 5. The maximum atomic E-state index is 12.3. The minimum atomic E-state index is -0.526. The van der Waals surface area contributed by atoms with Crippen LogP contribution in [0.25, 0.3) is 6.08 Å². The third-order valence-corrected chi connectivity index (χ3v) is 7.38. The lowest BCUT2D eigenvalue weighted by Gasteiger charge is -2.58. The van der Waals surface area contributed by atoms with Crippen molar-refractivity contribution < 1.29 is 19.4 Å². The molecule has 2 aliphatic carbocycles. The molecule has 1 N–H and O–H groups in total. The van der Waals surface area contributed by atoms with Crippen molar-refractivity contribution in [2.75, 3.05) is 20.7 Å². The van der Waals surface area contributed by atoms with Crippen LogP contribution < -0.4 is 4.74 Å². The highest BCUT2D eigenvalue weighted by Crippen LogP contribution is 2.59. The lowest BCUT2D eigenvalue weighted by Crippen LogP contribution is -2.60. The molecule has 2 bridgehead atoms. The molecule has 0 spiro atoms. The van der Waals surface area contributed by atoms with Crippen LogP contribution in [0, 0.1) is 5.92 Å². The first kappa shape index (κ1) is 21.2. The predicted octanol–water partition coefficient (Wildman–Crippen LogP) is 4.44. The number of benzene rings is 1. The fourth-order valence-corrected chi connectivity index (χ4v) is 6.19. The molecule has 3 aliphatic rings. The summed E-state index contributed by atoms with van der Waals surface area (Å²) in [6.07, 6.45) is 10.1. The number of phenols is 1. The molecular weight excluding hydrogens is 378 g/mol. The lowest BCUT2D eigenvalue weighted by atomic mass is 9.52. The molecule has 1 aromatic carbocycles. The number of likely N-dealkylation sites (N-methyl/N-ethyl adjacent to an activating group) is 1. The molecule has 164 valence electrons. The summed E-state index contributed by atoms with van der Waals surface area (Å²) in [6, 6.07) is 2.35. The first-order valence-electron chi connectivity index (χ1n) is 11.2. The highest BCUT2D eigenvalue weighted by atomic mass is 16.6. The number of fused-ring (bicyclic) bond motifs is 1. The second kappa shape index (κ2) is 7.60. The minimum absolute atomic E-state index is 0.0101. The SMILES string of the molecule is COc1cc(/C=C/C(=O)OC(C)(C)C)c2c(c1O)C13CCCCC1C(C2)N(C)CC3. The van der Waals surface area contributed by atoms with Crippen molar-refractivity contribution in [1.82, 2.24) is 4.90 Å². The minimum Gasteiger partial charge on any atom is -0.504 e. The van der Waals surface area contributed by atoms with Crippen LogP contribution in [-0.2, 0) is 21.4 Å². The summed E-state index contributed by atoms with van der Waals surface area (Å²) in [5, 5.41) is 11.2. The highest BCUT2D eigenvalue weighted by molar-refractivity contribution is 5.88. The van der Waals surface area contributed by atoms with Gasteiger partial charge in [0.25, 0.3) is 0 Å². The maximum absolute atomic E-state index is 12.3. The van der Waals surface area contributed by atoms with Gasteiger partial charge in [-0.3, -0.25) is 0 Å². The zero-order valence-electron chi connectivity index (χ0n) is 19.0. The Morgan fingerprint density at radius 3 is 2.77 bits per heavy atom. The lowest BCUT2D eigenvalue weighted by molar-refractivity contribution is -0.148. The summed E-state index contributed by atoms with van der Waals surface area (Å²) in [7, 11) is 3.83. The van der Waals surface area contributed by atoms with Crippen molar-refractivity contribution in [3.63, 3.8) is 0 Å². The number of piperidine rings is 1. The number of phenolic OH excluding ortho intramolecular Hbond substituents is 1. The zero-order valence-corrected chi connectivity index (χ0v) is 19.0. The largest absolute Gasteiger partial charge is 0.504 e. The smallest absolute Gasteiger partial charge is 0.331 e. The zero-order chi connectivity index (χ0) is 21.7. The number of likely N-dealkylation sites (tertiary alicyclic amines) is 1. The molecule has 0 aromatic heterocycles. The number of carbonyl (C=O) groups excluding carboxylic acids is 1. The monoisotopic (exact) mass is 413 g/mol. The average molecular weight is 414 g/mol. The van der Waals surface area contributed by atoms with Crippen molar-refractivity contribution in [2.24, 2.45) is 5.92 Å². The molecule has 3 unspecified atom stereocenters. The van der Waals surface area contributed by atoms with Crippen molar-refractivity contribution in [3.8, 4) is 11.5 Å². The van der Waals surface area contributed by atoms with E-state index in [1.807, 2.05) is 32.9 Å². The van der Waals surface area contributed by atoms with Gasteiger partial charge in [0.2, 0.25) is 0 Å². The summed E-state index contributed by atoms with van der Waals surface area (Å²) in [5.74, 6) is 1.01. The van der Waals surface area contributed by atoms with Gasteiger partial charge in [-0.15, -0.1) is 0 Å². The van der Waals surface area contributed by atoms with Gasteiger partial charge in [0.1, 0.15) is 5.60 Å². The number of aromatic hydroxyl groups is 1. The molecule has 0 radical (unpaired) electrons. The van der Waals surface area contributed by atoms with E-state index in [-0.39, 0.29) is 11.4 Å². The Kier molecular flexibility index (Phi) is 5.38. The fourth-order valence-electron chi connectivity index (χ4n) is 6.19. The van der Waals surface area contributed by atoms with E-state index in [1.54, 1.807) is 7.11 Å². The Labute approximate surface area is 180 Å². The summed E-state index contributed by atoms with van der Waals surface area (Å²) >= 11 is 0. The Morgan fingerprint density at radius 1 is 1.30 bits per heavy atom. The highest BCUT2D eigenvalue weighted by Gasteiger charge is 2.55. The molecule has 5 heteroatoms. The van der Waals surface area contributed by atoms with Gasteiger partial charge in [0, 0.05) is 23.1 Å². The second-order valence-electron chi connectivity index (χ2n) is 10.2. The van der Waals surface area contributed by atoms with Crippen LogP contribution in [0.1, 0.15) is 69.6 Å². The predicted molar refractivity (Wildman–Crippen MR) is 118 cm³/mol. The van der Waals surface area contributed by atoms with E-state index in [2.05, 4.69) is 11.9 Å².